The molecule has 0 fully saturated rings. The summed E-state index contributed by atoms with van der Waals surface area (Å²) in [6.45, 7) is 1.03. The highest BCUT2D eigenvalue weighted by molar-refractivity contribution is 7.71. The molecule has 2 N–H and O–H groups in total. The molecule has 4 heterocycles. The molecule has 0 atom stereocenters. The number of H-pyrrole nitrogens is 2. The van der Waals surface area contributed by atoms with Gasteiger partial charge in [-0.25, -0.2) is 10.2 Å². The Labute approximate surface area is 274 Å². The first-order valence-electron chi connectivity index (χ1n) is 14.4. The van der Waals surface area contributed by atoms with Crippen LogP contribution in [-0.4, -0.2) is 65.4 Å². The summed E-state index contributed by atoms with van der Waals surface area (Å²) in [6.07, 6.45) is 11.8. The third-order valence-electron chi connectivity index (χ3n) is 6.66. The quantitative estimate of drug-likeness (QED) is 0.0844. The summed E-state index contributed by atoms with van der Waals surface area (Å²) in [4.78, 5) is 8.31. The van der Waals surface area contributed by atoms with Gasteiger partial charge in [0.1, 0.15) is 11.5 Å². The van der Waals surface area contributed by atoms with Crippen LogP contribution in [0.1, 0.15) is 24.0 Å². The van der Waals surface area contributed by atoms with Gasteiger partial charge in [-0.15, -0.1) is 0 Å². The fourth-order valence-electron chi connectivity index (χ4n) is 4.41. The molecule has 12 nitrogen and oxygen atoms in total. The van der Waals surface area contributed by atoms with Crippen LogP contribution in [0.15, 0.2) is 108 Å². The number of nitrogens with one attached hydrogen (secondary N) is 2. The zero-order valence-corrected chi connectivity index (χ0v) is 26.1. The molecular weight excluding hydrogens is 621 g/mol. The van der Waals surface area contributed by atoms with Crippen molar-refractivity contribution in [1.82, 2.24) is 39.7 Å². The molecule has 0 amide bonds. The SMILES string of the molecule is S=c1[nH]nc(-c2cccnc2)n1/N=C/c1ccccc1OCCCCOc1ccccc1/C=N/n1c(-c2cccnc2)n[nH]c1=S. The van der Waals surface area contributed by atoms with E-state index in [1.165, 1.54) is 0 Å². The highest BCUT2D eigenvalue weighted by Gasteiger charge is 2.10. The Hall–Kier alpha value is -5.60. The normalized spacial score (nSPS) is 11.4. The Morgan fingerprint density at radius 2 is 1.09 bits per heavy atom. The number of rotatable bonds is 13. The molecule has 0 saturated heterocycles. The maximum atomic E-state index is 6.10. The highest BCUT2D eigenvalue weighted by Crippen LogP contribution is 2.21. The summed E-state index contributed by atoms with van der Waals surface area (Å²) in [7, 11) is 0. The number of ether oxygens (including phenoxy) is 2. The van der Waals surface area contributed by atoms with E-state index in [-0.39, 0.29) is 0 Å². The molecule has 6 aromatic rings. The van der Waals surface area contributed by atoms with Crippen molar-refractivity contribution >= 4 is 36.9 Å². The maximum absolute atomic E-state index is 6.10. The van der Waals surface area contributed by atoms with Crippen molar-refractivity contribution in [3.8, 4) is 34.3 Å². The molecule has 6 rings (SSSR count). The average Bonchev–Trinajstić information content (AvgIpc) is 3.67. The number of aromatic amines is 2. The summed E-state index contributed by atoms with van der Waals surface area (Å²) < 4.78 is 16.1. The van der Waals surface area contributed by atoms with Gasteiger partial charge in [0.25, 0.3) is 0 Å². The second-order valence-corrected chi connectivity index (χ2v) is 10.6. The highest BCUT2D eigenvalue weighted by atomic mass is 32.1. The van der Waals surface area contributed by atoms with Gasteiger partial charge in [-0.05, 0) is 85.8 Å². The van der Waals surface area contributed by atoms with Crippen LogP contribution >= 0.6 is 24.4 Å². The monoisotopic (exact) mass is 648 g/mol. The van der Waals surface area contributed by atoms with Crippen molar-refractivity contribution in [3.05, 3.63) is 118 Å². The van der Waals surface area contributed by atoms with E-state index in [9.17, 15) is 0 Å². The minimum absolute atomic E-state index is 0.376. The third-order valence-corrected chi connectivity index (χ3v) is 7.19. The lowest BCUT2D eigenvalue weighted by Gasteiger charge is -2.11. The molecule has 2 aromatic carbocycles. The second kappa shape index (κ2) is 14.9. The van der Waals surface area contributed by atoms with Crippen molar-refractivity contribution in [1.29, 1.82) is 0 Å². The molecule has 0 aliphatic carbocycles. The van der Waals surface area contributed by atoms with Crippen molar-refractivity contribution in [2.24, 2.45) is 10.2 Å². The van der Waals surface area contributed by atoms with E-state index in [4.69, 9.17) is 33.9 Å². The zero-order chi connectivity index (χ0) is 31.6. The number of para-hydroxylation sites is 2. The molecular formula is C32H28N10O2S2. The lowest BCUT2D eigenvalue weighted by Crippen LogP contribution is -2.05. The summed E-state index contributed by atoms with van der Waals surface area (Å²) >= 11 is 10.8. The number of nitrogens with zero attached hydrogens (tertiary/aromatic N) is 8. The summed E-state index contributed by atoms with van der Waals surface area (Å²) in [6, 6.07) is 22.9. The lowest BCUT2D eigenvalue weighted by molar-refractivity contribution is 0.266. The van der Waals surface area contributed by atoms with Crippen molar-refractivity contribution < 1.29 is 9.47 Å². The zero-order valence-electron chi connectivity index (χ0n) is 24.4. The molecule has 0 aliphatic rings. The first-order chi connectivity index (χ1) is 22.7. The predicted octanol–water partition coefficient (Wildman–Crippen LogP) is 6.32. The topological polar surface area (TPSA) is 136 Å². The number of aromatic nitrogens is 8. The Kier molecular flexibility index (Phi) is 9.87. The van der Waals surface area contributed by atoms with Crippen LogP contribution in [0.3, 0.4) is 0 Å². The van der Waals surface area contributed by atoms with Gasteiger partial charge in [-0.3, -0.25) is 9.97 Å². The number of pyridine rings is 2. The molecule has 230 valence electrons. The van der Waals surface area contributed by atoms with E-state index < -0.39 is 0 Å². The number of benzene rings is 2. The van der Waals surface area contributed by atoms with Crippen LogP contribution in [0.25, 0.3) is 22.8 Å². The minimum atomic E-state index is 0.376. The Morgan fingerprint density at radius 3 is 1.52 bits per heavy atom. The van der Waals surface area contributed by atoms with Gasteiger partial charge in [-0.2, -0.15) is 29.8 Å². The molecule has 0 bridgehead atoms. The standard InChI is InChI=1S/C32H28N10O2S2/c45-31-39-37-29(25-11-7-15-33-19-25)41(31)35-21-23-9-1-3-13-27(23)43-17-5-6-18-44-28-14-4-2-10-24(28)22-36-42-30(38-40-32(42)46)26-12-8-16-34-20-26/h1-4,7-16,19-22H,5-6,17-18H2,(H,39,45)(H,40,46)/b35-21+,36-22+. The predicted molar refractivity (Wildman–Crippen MR) is 180 cm³/mol. The lowest BCUT2D eigenvalue weighted by atomic mass is 10.2. The van der Waals surface area contributed by atoms with Crippen LogP contribution in [0.2, 0.25) is 0 Å². The molecule has 0 spiro atoms. The molecule has 0 unspecified atom stereocenters. The Bertz CT molecular complexity index is 1920. The first-order valence-corrected chi connectivity index (χ1v) is 15.2. The van der Waals surface area contributed by atoms with E-state index in [1.54, 1.807) is 46.6 Å². The number of unbranched alkanes of at least 4 members (excludes halogenated alkanes) is 1. The van der Waals surface area contributed by atoms with Gasteiger partial charge in [-0.1, -0.05) is 24.3 Å². The third kappa shape index (κ3) is 7.36. The van der Waals surface area contributed by atoms with E-state index in [0.717, 1.165) is 46.6 Å². The average molecular weight is 649 g/mol. The van der Waals surface area contributed by atoms with Crippen LogP contribution in [0.4, 0.5) is 0 Å². The van der Waals surface area contributed by atoms with Gasteiger partial charge in [0.2, 0.25) is 9.54 Å². The molecule has 0 aliphatic heterocycles. The number of hydrogen-bond acceptors (Lipinski definition) is 10. The van der Waals surface area contributed by atoms with Gasteiger partial charge in [0.05, 0.1) is 25.6 Å². The van der Waals surface area contributed by atoms with Gasteiger partial charge in [0, 0.05) is 47.0 Å². The van der Waals surface area contributed by atoms with E-state index in [1.807, 2.05) is 72.8 Å². The summed E-state index contributed by atoms with van der Waals surface area (Å²) in [5.74, 6) is 2.58. The largest absolute Gasteiger partial charge is 0.493 e. The van der Waals surface area contributed by atoms with Crippen LogP contribution in [-0.2, 0) is 0 Å². The van der Waals surface area contributed by atoms with Gasteiger partial charge in [0.15, 0.2) is 11.6 Å². The summed E-state index contributed by atoms with van der Waals surface area (Å²) in [5, 5.41) is 23.3. The second-order valence-electron chi connectivity index (χ2n) is 9.78. The van der Waals surface area contributed by atoms with Crippen LogP contribution in [0, 0.1) is 9.54 Å². The molecule has 46 heavy (non-hydrogen) atoms. The van der Waals surface area contributed by atoms with Gasteiger partial charge >= 0.3 is 0 Å². The van der Waals surface area contributed by atoms with Crippen LogP contribution in [0.5, 0.6) is 11.5 Å². The fraction of sp³-hybridized carbons (Fsp3) is 0.125. The smallest absolute Gasteiger partial charge is 0.216 e. The van der Waals surface area contributed by atoms with Crippen LogP contribution < -0.4 is 9.47 Å². The van der Waals surface area contributed by atoms with Crippen molar-refractivity contribution in [2.45, 2.75) is 12.8 Å². The van der Waals surface area contributed by atoms with Gasteiger partial charge < -0.3 is 9.47 Å². The van der Waals surface area contributed by atoms with E-state index in [2.05, 4.69) is 40.6 Å². The molecule has 14 heteroatoms. The van der Waals surface area contributed by atoms with Crippen molar-refractivity contribution in [2.75, 3.05) is 13.2 Å². The first kappa shape index (κ1) is 30.4. The minimum Gasteiger partial charge on any atom is -0.493 e. The molecule has 0 radical (unpaired) electrons. The molecule has 0 saturated carbocycles. The van der Waals surface area contributed by atoms with E-state index >= 15 is 0 Å². The Morgan fingerprint density at radius 1 is 0.630 bits per heavy atom. The molecule has 4 aromatic heterocycles. The maximum Gasteiger partial charge on any atom is 0.216 e. The fourth-order valence-corrected chi connectivity index (χ4v) is 4.77. The van der Waals surface area contributed by atoms with E-state index in [0.29, 0.717) is 34.4 Å². The van der Waals surface area contributed by atoms with Crippen molar-refractivity contribution in [3.63, 3.8) is 0 Å². The summed E-state index contributed by atoms with van der Waals surface area (Å²) in [5.41, 5.74) is 3.23. The number of hydrogen-bond donors (Lipinski definition) is 2. The Balaban J connectivity index is 1.03.